The van der Waals surface area contributed by atoms with Gasteiger partial charge in [-0.25, -0.2) is 0 Å². The van der Waals surface area contributed by atoms with E-state index in [-0.39, 0.29) is 17.1 Å². The summed E-state index contributed by atoms with van der Waals surface area (Å²) in [6, 6.07) is 14.3. The van der Waals surface area contributed by atoms with E-state index in [1.807, 2.05) is 6.07 Å². The fourth-order valence-electron chi connectivity index (χ4n) is 3.09. The number of amides is 1. The molecule has 0 spiro atoms. The van der Waals surface area contributed by atoms with Gasteiger partial charge < -0.3 is 19.5 Å². The quantitative estimate of drug-likeness (QED) is 0.170. The number of ether oxygens (including phenoxy) is 3. The molecule has 0 aliphatic heterocycles. The molecule has 0 saturated carbocycles. The number of carbonyl (C=O) groups is 1. The Morgan fingerprint density at radius 1 is 1.00 bits per heavy atom. The van der Waals surface area contributed by atoms with Gasteiger partial charge in [-0.05, 0) is 60.2 Å². The molecule has 1 amide bonds. The zero-order valence-corrected chi connectivity index (χ0v) is 19.3. The Kier molecular flexibility index (Phi) is 7.99. The highest BCUT2D eigenvalue weighted by Crippen LogP contribution is 2.40. The maximum Gasteiger partial charge on any atom is 0.416 e. The lowest BCUT2D eigenvalue weighted by atomic mass is 10.1. The fraction of sp³-hybridized carbons (Fsp3) is 0.120. The van der Waals surface area contributed by atoms with E-state index in [0.717, 1.165) is 6.07 Å². The molecule has 0 atom stereocenters. The first kappa shape index (κ1) is 26.6. The Balaban J connectivity index is 1.86. The van der Waals surface area contributed by atoms with Crippen molar-refractivity contribution in [2.75, 3.05) is 19.5 Å². The van der Waals surface area contributed by atoms with Crippen LogP contribution >= 0.6 is 0 Å². The number of hydrogen-bond acceptors (Lipinski definition) is 7. The van der Waals surface area contributed by atoms with Crippen LogP contribution in [0.2, 0.25) is 0 Å². The van der Waals surface area contributed by atoms with Crippen molar-refractivity contribution in [3.05, 3.63) is 87.5 Å². The van der Waals surface area contributed by atoms with Crippen molar-refractivity contribution in [1.82, 2.24) is 0 Å². The third-order valence-electron chi connectivity index (χ3n) is 4.91. The van der Waals surface area contributed by atoms with Gasteiger partial charge in [-0.15, -0.1) is 0 Å². The van der Waals surface area contributed by atoms with Crippen molar-refractivity contribution in [3.8, 4) is 29.1 Å². The minimum absolute atomic E-state index is 0.0382. The number of nitro groups is 1. The molecule has 0 aliphatic carbocycles. The first-order chi connectivity index (χ1) is 17.5. The predicted molar refractivity (Wildman–Crippen MR) is 126 cm³/mol. The monoisotopic (exact) mass is 513 g/mol. The molecule has 3 aromatic carbocycles. The summed E-state index contributed by atoms with van der Waals surface area (Å²) in [7, 11) is 2.78. The molecule has 0 heterocycles. The van der Waals surface area contributed by atoms with Crippen LogP contribution in [0.25, 0.3) is 6.08 Å². The van der Waals surface area contributed by atoms with Crippen LogP contribution in [0.3, 0.4) is 0 Å². The molecular weight excluding hydrogens is 495 g/mol. The van der Waals surface area contributed by atoms with Crippen LogP contribution < -0.4 is 19.5 Å². The van der Waals surface area contributed by atoms with Gasteiger partial charge in [0.2, 0.25) is 5.75 Å². The normalized spacial score (nSPS) is 11.3. The molecule has 0 radical (unpaired) electrons. The standard InChI is InChI=1S/C25H18F3N3O6/c1-35-19-7-5-18(6-8-19)30-24(32)16(14-29)11-15-3-9-22(23(12-15)36-2)37-21-10-4-17(25(26,27)28)13-20(21)31(33)34/h3-13H,1-2H3,(H,30,32)/b16-11+. The highest BCUT2D eigenvalue weighted by atomic mass is 19.4. The van der Waals surface area contributed by atoms with Gasteiger partial charge in [0.05, 0.1) is 24.7 Å². The van der Waals surface area contributed by atoms with E-state index in [0.29, 0.717) is 29.1 Å². The molecule has 3 rings (SSSR count). The lowest BCUT2D eigenvalue weighted by Gasteiger charge is -2.13. The van der Waals surface area contributed by atoms with E-state index in [4.69, 9.17) is 14.2 Å². The second kappa shape index (κ2) is 11.1. The molecule has 0 bridgehead atoms. The van der Waals surface area contributed by atoms with E-state index in [1.165, 1.54) is 38.5 Å². The van der Waals surface area contributed by atoms with E-state index >= 15 is 0 Å². The Morgan fingerprint density at radius 3 is 2.24 bits per heavy atom. The zero-order chi connectivity index (χ0) is 27.2. The molecule has 0 saturated heterocycles. The van der Waals surface area contributed by atoms with Gasteiger partial charge in [0.25, 0.3) is 5.91 Å². The number of rotatable bonds is 8. The van der Waals surface area contributed by atoms with Crippen LogP contribution in [-0.2, 0) is 11.0 Å². The zero-order valence-electron chi connectivity index (χ0n) is 19.3. The first-order valence-electron chi connectivity index (χ1n) is 10.3. The number of anilines is 1. The maximum atomic E-state index is 13.0. The van der Waals surface area contributed by atoms with Crippen molar-refractivity contribution in [3.63, 3.8) is 0 Å². The molecule has 190 valence electrons. The number of nitrogens with zero attached hydrogens (tertiary/aromatic N) is 2. The van der Waals surface area contributed by atoms with Gasteiger partial charge in [-0.2, -0.15) is 18.4 Å². The number of carbonyl (C=O) groups excluding carboxylic acids is 1. The van der Waals surface area contributed by atoms with Crippen molar-refractivity contribution >= 4 is 23.4 Å². The smallest absolute Gasteiger partial charge is 0.416 e. The van der Waals surface area contributed by atoms with Crippen molar-refractivity contribution in [2.24, 2.45) is 0 Å². The summed E-state index contributed by atoms with van der Waals surface area (Å²) in [4.78, 5) is 22.9. The van der Waals surface area contributed by atoms with E-state index in [2.05, 4.69) is 5.32 Å². The van der Waals surface area contributed by atoms with E-state index in [9.17, 15) is 33.3 Å². The maximum absolute atomic E-state index is 13.0. The Bertz CT molecular complexity index is 1400. The van der Waals surface area contributed by atoms with Gasteiger partial charge >= 0.3 is 11.9 Å². The van der Waals surface area contributed by atoms with Crippen molar-refractivity contribution in [1.29, 1.82) is 5.26 Å². The van der Waals surface area contributed by atoms with Gasteiger partial charge in [-0.3, -0.25) is 14.9 Å². The molecular formula is C25H18F3N3O6. The number of nitrogens with one attached hydrogen (secondary N) is 1. The molecule has 0 unspecified atom stereocenters. The summed E-state index contributed by atoms with van der Waals surface area (Å²) >= 11 is 0. The van der Waals surface area contributed by atoms with E-state index in [1.54, 1.807) is 24.3 Å². The van der Waals surface area contributed by atoms with Crippen LogP contribution in [-0.4, -0.2) is 25.1 Å². The summed E-state index contributed by atoms with van der Waals surface area (Å²) < 4.78 is 54.6. The highest BCUT2D eigenvalue weighted by molar-refractivity contribution is 6.09. The van der Waals surface area contributed by atoms with Crippen molar-refractivity contribution < 1.29 is 37.1 Å². The van der Waals surface area contributed by atoms with Gasteiger partial charge in [0.1, 0.15) is 17.4 Å². The molecule has 12 heteroatoms. The molecule has 0 fully saturated rings. The number of nitro benzene ring substituents is 1. The highest BCUT2D eigenvalue weighted by Gasteiger charge is 2.33. The van der Waals surface area contributed by atoms with Crippen LogP contribution in [0.5, 0.6) is 23.0 Å². The lowest BCUT2D eigenvalue weighted by Crippen LogP contribution is -2.13. The number of nitriles is 1. The van der Waals surface area contributed by atoms with Crippen LogP contribution in [0, 0.1) is 21.4 Å². The number of hydrogen-bond donors (Lipinski definition) is 1. The fourth-order valence-corrected chi connectivity index (χ4v) is 3.09. The second-order valence-corrected chi connectivity index (χ2v) is 7.30. The molecule has 37 heavy (non-hydrogen) atoms. The number of alkyl halides is 3. The molecule has 9 nitrogen and oxygen atoms in total. The van der Waals surface area contributed by atoms with E-state index < -0.39 is 34.0 Å². The largest absolute Gasteiger partial charge is 0.497 e. The average molecular weight is 513 g/mol. The SMILES string of the molecule is COc1ccc(NC(=O)/C(C#N)=C/c2ccc(Oc3ccc(C(F)(F)F)cc3[N+](=O)[O-])c(OC)c2)cc1. The van der Waals surface area contributed by atoms with Gasteiger partial charge in [0, 0.05) is 11.8 Å². The summed E-state index contributed by atoms with van der Waals surface area (Å²) in [6.45, 7) is 0. The molecule has 1 N–H and O–H groups in total. The summed E-state index contributed by atoms with van der Waals surface area (Å²) in [5.41, 5.74) is -1.53. The van der Waals surface area contributed by atoms with Crippen molar-refractivity contribution in [2.45, 2.75) is 6.18 Å². The minimum atomic E-state index is -4.77. The third kappa shape index (κ3) is 6.55. The molecule has 3 aromatic rings. The number of benzene rings is 3. The van der Waals surface area contributed by atoms with Gasteiger partial charge in [-0.1, -0.05) is 6.07 Å². The summed E-state index contributed by atoms with van der Waals surface area (Å²) in [5, 5.41) is 23.4. The average Bonchev–Trinajstić information content (AvgIpc) is 2.87. The van der Waals surface area contributed by atoms with Crippen LogP contribution in [0.1, 0.15) is 11.1 Å². The number of methoxy groups -OCH3 is 2. The predicted octanol–water partition coefficient (Wildman–Crippen LogP) is 5.97. The molecule has 0 aliphatic rings. The van der Waals surface area contributed by atoms with Gasteiger partial charge in [0.15, 0.2) is 11.5 Å². The first-order valence-corrected chi connectivity index (χ1v) is 10.3. The Labute approximate surface area is 208 Å². The summed E-state index contributed by atoms with van der Waals surface area (Å²) in [6.07, 6.45) is -3.49. The topological polar surface area (TPSA) is 124 Å². The van der Waals surface area contributed by atoms with Crippen LogP contribution in [0.4, 0.5) is 24.5 Å². The third-order valence-corrected chi connectivity index (χ3v) is 4.91. The Morgan fingerprint density at radius 2 is 1.68 bits per heavy atom. The van der Waals surface area contributed by atoms with Crippen LogP contribution in [0.15, 0.2) is 66.2 Å². The Hall–Kier alpha value is -5.05. The summed E-state index contributed by atoms with van der Waals surface area (Å²) in [5.74, 6) is -0.506. The molecule has 0 aromatic heterocycles. The number of halogens is 3. The lowest BCUT2D eigenvalue weighted by molar-refractivity contribution is -0.385. The second-order valence-electron chi connectivity index (χ2n) is 7.30. The minimum Gasteiger partial charge on any atom is -0.497 e.